The lowest BCUT2D eigenvalue weighted by Crippen LogP contribution is -2.32. The maximum absolute atomic E-state index is 12.2. The highest BCUT2D eigenvalue weighted by Gasteiger charge is 2.31. The number of rotatable bonds is 1. The molecule has 0 radical (unpaired) electrons. The van der Waals surface area contributed by atoms with Crippen LogP contribution >= 0.6 is 11.6 Å². The SMILES string of the molecule is CCOC(=O)N1C=C(C(C)(C)C)Oc2cc(Cl)c(C#N)cc21. The summed E-state index contributed by atoms with van der Waals surface area (Å²) in [7, 11) is 0. The van der Waals surface area contributed by atoms with Crippen molar-refractivity contribution in [3.05, 3.63) is 34.7 Å². The number of nitriles is 1. The minimum absolute atomic E-state index is 0.253. The van der Waals surface area contributed by atoms with Crippen molar-refractivity contribution < 1.29 is 14.3 Å². The van der Waals surface area contributed by atoms with Crippen molar-refractivity contribution >= 4 is 23.4 Å². The predicted octanol–water partition coefficient (Wildman–Crippen LogP) is 4.45. The molecule has 0 aliphatic carbocycles. The lowest BCUT2D eigenvalue weighted by Gasteiger charge is -2.32. The van der Waals surface area contributed by atoms with Crippen LogP contribution in [0.2, 0.25) is 5.02 Å². The largest absolute Gasteiger partial charge is 0.457 e. The van der Waals surface area contributed by atoms with Crippen molar-refractivity contribution in [3.8, 4) is 11.8 Å². The molecule has 1 aromatic rings. The molecule has 0 bridgehead atoms. The number of carbonyl (C=O) groups is 1. The van der Waals surface area contributed by atoms with Crippen molar-refractivity contribution in [2.75, 3.05) is 11.5 Å². The molecule has 0 spiro atoms. The number of benzene rings is 1. The summed E-state index contributed by atoms with van der Waals surface area (Å²) in [6.07, 6.45) is 1.06. The standard InChI is InChI=1S/C16H17ClN2O3/c1-5-21-15(20)19-9-14(16(2,3)4)22-13-7-11(17)10(8-18)6-12(13)19/h6-7,9H,5H2,1-4H3. The van der Waals surface area contributed by atoms with E-state index in [9.17, 15) is 4.79 Å². The molecule has 1 aromatic carbocycles. The van der Waals surface area contributed by atoms with Crippen molar-refractivity contribution in [3.63, 3.8) is 0 Å². The Morgan fingerprint density at radius 3 is 2.68 bits per heavy atom. The van der Waals surface area contributed by atoms with Gasteiger partial charge in [-0.2, -0.15) is 5.26 Å². The van der Waals surface area contributed by atoms with E-state index in [4.69, 9.17) is 26.3 Å². The van der Waals surface area contributed by atoms with E-state index in [0.29, 0.717) is 17.2 Å². The molecule has 0 saturated carbocycles. The number of halogens is 1. The molecular weight excluding hydrogens is 304 g/mol. The van der Waals surface area contributed by atoms with Gasteiger partial charge in [0, 0.05) is 11.5 Å². The van der Waals surface area contributed by atoms with Gasteiger partial charge in [-0.3, -0.25) is 0 Å². The fourth-order valence-electron chi connectivity index (χ4n) is 1.92. The van der Waals surface area contributed by atoms with Gasteiger partial charge in [-0.05, 0) is 13.0 Å². The van der Waals surface area contributed by atoms with Gasteiger partial charge in [-0.25, -0.2) is 9.69 Å². The third kappa shape index (κ3) is 3.02. The third-order valence-corrected chi connectivity index (χ3v) is 3.41. The Kier molecular flexibility index (Phi) is 4.34. The zero-order chi connectivity index (χ0) is 16.5. The van der Waals surface area contributed by atoms with Gasteiger partial charge >= 0.3 is 6.09 Å². The van der Waals surface area contributed by atoms with Gasteiger partial charge < -0.3 is 9.47 Å². The van der Waals surface area contributed by atoms with Gasteiger partial charge in [0.15, 0.2) is 5.75 Å². The average Bonchev–Trinajstić information content (AvgIpc) is 2.44. The normalized spacial score (nSPS) is 13.6. The second kappa shape index (κ2) is 5.90. The molecule has 0 atom stereocenters. The Bertz CT molecular complexity index is 684. The number of hydrogen-bond donors (Lipinski definition) is 0. The summed E-state index contributed by atoms with van der Waals surface area (Å²) in [5.41, 5.74) is 0.404. The first-order chi connectivity index (χ1) is 10.3. The molecule has 6 heteroatoms. The molecule has 116 valence electrons. The van der Waals surface area contributed by atoms with E-state index < -0.39 is 6.09 Å². The maximum atomic E-state index is 12.2. The monoisotopic (exact) mass is 320 g/mol. The topological polar surface area (TPSA) is 62.6 Å². The highest BCUT2D eigenvalue weighted by atomic mass is 35.5. The fourth-order valence-corrected chi connectivity index (χ4v) is 2.12. The summed E-state index contributed by atoms with van der Waals surface area (Å²) in [4.78, 5) is 13.6. The minimum atomic E-state index is -0.528. The quantitative estimate of drug-likeness (QED) is 0.766. The van der Waals surface area contributed by atoms with Crippen LogP contribution in [0.15, 0.2) is 24.1 Å². The van der Waals surface area contributed by atoms with E-state index in [2.05, 4.69) is 0 Å². The van der Waals surface area contributed by atoms with Crippen LogP contribution in [0.25, 0.3) is 0 Å². The Morgan fingerprint density at radius 2 is 2.14 bits per heavy atom. The Morgan fingerprint density at radius 1 is 1.45 bits per heavy atom. The molecule has 1 heterocycles. The predicted molar refractivity (Wildman–Crippen MR) is 83.8 cm³/mol. The zero-order valence-corrected chi connectivity index (χ0v) is 13.7. The Balaban J connectivity index is 2.58. The van der Waals surface area contributed by atoms with E-state index in [1.807, 2.05) is 26.8 Å². The first kappa shape index (κ1) is 16.2. The number of amides is 1. The number of carbonyl (C=O) groups excluding carboxylic acids is 1. The highest BCUT2D eigenvalue weighted by Crippen LogP contribution is 2.42. The Labute approximate surface area is 134 Å². The minimum Gasteiger partial charge on any atom is -0.457 e. The molecule has 1 aliphatic rings. The molecule has 22 heavy (non-hydrogen) atoms. The number of fused-ring (bicyclic) bond motifs is 1. The van der Waals surface area contributed by atoms with Gasteiger partial charge in [-0.1, -0.05) is 32.4 Å². The molecule has 1 aliphatic heterocycles. The lowest BCUT2D eigenvalue weighted by atomic mass is 9.93. The van der Waals surface area contributed by atoms with Crippen LogP contribution in [0, 0.1) is 16.7 Å². The van der Waals surface area contributed by atoms with Crippen LogP contribution in [0.1, 0.15) is 33.3 Å². The summed E-state index contributed by atoms with van der Waals surface area (Å²) in [6.45, 7) is 7.90. The fraction of sp³-hybridized carbons (Fsp3) is 0.375. The van der Waals surface area contributed by atoms with Crippen LogP contribution < -0.4 is 9.64 Å². The molecular formula is C16H17ClN2O3. The molecule has 0 unspecified atom stereocenters. The van der Waals surface area contributed by atoms with E-state index in [0.717, 1.165) is 0 Å². The molecule has 0 saturated heterocycles. The van der Waals surface area contributed by atoms with E-state index in [1.165, 1.54) is 11.0 Å². The third-order valence-electron chi connectivity index (χ3n) is 3.10. The summed E-state index contributed by atoms with van der Waals surface area (Å²) in [5.74, 6) is 1.03. The summed E-state index contributed by atoms with van der Waals surface area (Å²) in [6, 6.07) is 5.05. The van der Waals surface area contributed by atoms with Crippen molar-refractivity contribution in [1.82, 2.24) is 0 Å². The van der Waals surface area contributed by atoms with Crippen LogP contribution in [0.4, 0.5) is 10.5 Å². The lowest BCUT2D eigenvalue weighted by molar-refractivity contribution is 0.161. The van der Waals surface area contributed by atoms with E-state index in [1.54, 1.807) is 19.2 Å². The molecule has 0 aromatic heterocycles. The van der Waals surface area contributed by atoms with Gasteiger partial charge in [-0.15, -0.1) is 0 Å². The van der Waals surface area contributed by atoms with Gasteiger partial charge in [0.05, 0.1) is 29.1 Å². The Hall–Kier alpha value is -2.19. The first-order valence-corrected chi connectivity index (χ1v) is 7.25. The van der Waals surface area contributed by atoms with Crippen LogP contribution in [-0.2, 0) is 4.74 Å². The highest BCUT2D eigenvalue weighted by molar-refractivity contribution is 6.32. The summed E-state index contributed by atoms with van der Waals surface area (Å²) in [5, 5.41) is 9.38. The summed E-state index contributed by atoms with van der Waals surface area (Å²) >= 11 is 6.06. The molecule has 1 amide bonds. The molecule has 0 N–H and O–H groups in total. The average molecular weight is 321 g/mol. The van der Waals surface area contributed by atoms with Crippen LogP contribution in [0.3, 0.4) is 0 Å². The number of ether oxygens (including phenoxy) is 2. The van der Waals surface area contributed by atoms with Gasteiger partial charge in [0.2, 0.25) is 0 Å². The van der Waals surface area contributed by atoms with E-state index >= 15 is 0 Å². The number of nitrogens with zero attached hydrogens (tertiary/aromatic N) is 2. The summed E-state index contributed by atoms with van der Waals surface area (Å²) < 4.78 is 10.9. The molecule has 0 fully saturated rings. The van der Waals surface area contributed by atoms with Gasteiger partial charge in [0.1, 0.15) is 11.8 Å². The van der Waals surface area contributed by atoms with Gasteiger partial charge in [0.25, 0.3) is 0 Å². The number of hydrogen-bond acceptors (Lipinski definition) is 4. The van der Waals surface area contributed by atoms with Crippen molar-refractivity contribution in [2.24, 2.45) is 5.41 Å². The maximum Gasteiger partial charge on any atom is 0.418 e. The molecule has 2 rings (SSSR count). The second-order valence-electron chi connectivity index (χ2n) is 5.83. The zero-order valence-electron chi connectivity index (χ0n) is 12.9. The van der Waals surface area contributed by atoms with Crippen molar-refractivity contribution in [2.45, 2.75) is 27.7 Å². The molecule has 5 nitrogen and oxygen atoms in total. The number of allylic oxidation sites excluding steroid dienone is 1. The van der Waals surface area contributed by atoms with Crippen LogP contribution in [-0.4, -0.2) is 12.7 Å². The first-order valence-electron chi connectivity index (χ1n) is 6.87. The smallest absolute Gasteiger partial charge is 0.418 e. The number of anilines is 1. The second-order valence-corrected chi connectivity index (χ2v) is 6.23. The van der Waals surface area contributed by atoms with E-state index in [-0.39, 0.29) is 22.6 Å². The van der Waals surface area contributed by atoms with Crippen LogP contribution in [0.5, 0.6) is 5.75 Å². The van der Waals surface area contributed by atoms with Crippen molar-refractivity contribution in [1.29, 1.82) is 5.26 Å².